The maximum atomic E-state index is 12.5. The van der Waals surface area contributed by atoms with Crippen LogP contribution < -0.4 is 21.7 Å². The summed E-state index contributed by atoms with van der Waals surface area (Å²) in [5, 5.41) is 9.10. The van der Waals surface area contributed by atoms with Crippen LogP contribution >= 0.6 is 0 Å². The van der Waals surface area contributed by atoms with Crippen LogP contribution in [0.2, 0.25) is 0 Å². The number of amides is 2. The van der Waals surface area contributed by atoms with Crippen LogP contribution in [0.1, 0.15) is 45.1 Å². The van der Waals surface area contributed by atoms with Crippen LogP contribution in [0.25, 0.3) is 0 Å². The van der Waals surface area contributed by atoms with Crippen LogP contribution in [0.5, 0.6) is 0 Å². The molecule has 0 spiro atoms. The predicted molar refractivity (Wildman–Crippen MR) is 151 cm³/mol. The number of aromatic nitrogens is 1. The van der Waals surface area contributed by atoms with Crippen LogP contribution in [0.4, 0.5) is 16.2 Å². The minimum absolute atomic E-state index is 0.194. The van der Waals surface area contributed by atoms with Gasteiger partial charge < -0.3 is 26.4 Å². The van der Waals surface area contributed by atoms with Gasteiger partial charge >= 0.3 is 6.09 Å². The Kier molecular flexibility index (Phi) is 8.14. The summed E-state index contributed by atoms with van der Waals surface area (Å²) >= 11 is 0. The summed E-state index contributed by atoms with van der Waals surface area (Å²) in [5.41, 5.74) is 11.6. The molecule has 39 heavy (non-hydrogen) atoms. The second-order valence-electron chi connectivity index (χ2n) is 9.56. The van der Waals surface area contributed by atoms with Crippen molar-refractivity contribution in [2.75, 3.05) is 11.1 Å². The zero-order valence-electron chi connectivity index (χ0n) is 21.5. The summed E-state index contributed by atoms with van der Waals surface area (Å²) in [6.07, 6.45) is 2.42. The number of nitrogens with two attached hydrogens (primary N) is 1. The number of alkyl carbamates (subject to hydrolysis) is 1. The first-order valence-corrected chi connectivity index (χ1v) is 12.9. The lowest BCUT2D eigenvalue weighted by atomic mass is 10.1. The Labute approximate surface area is 227 Å². The molecule has 0 aliphatic heterocycles. The van der Waals surface area contributed by atoms with E-state index in [2.05, 4.69) is 33.1 Å². The number of carbonyl (C=O) groups excluding carboxylic acids is 2. The van der Waals surface area contributed by atoms with Crippen LogP contribution in [0, 0.1) is 0 Å². The van der Waals surface area contributed by atoms with E-state index in [0.29, 0.717) is 35.4 Å². The number of benzene rings is 3. The lowest BCUT2D eigenvalue weighted by Gasteiger charge is -2.10. The van der Waals surface area contributed by atoms with E-state index in [1.165, 1.54) is 5.56 Å². The van der Waals surface area contributed by atoms with E-state index < -0.39 is 6.09 Å². The minimum Gasteiger partial charge on any atom is -0.445 e. The molecule has 2 unspecified atom stereocenters. The van der Waals surface area contributed by atoms with Crippen LogP contribution in [0.15, 0.2) is 97.2 Å². The third kappa shape index (κ3) is 7.21. The summed E-state index contributed by atoms with van der Waals surface area (Å²) in [5.74, 6) is 0.247. The second kappa shape index (κ2) is 12.2. The molecule has 5 N–H and O–H groups in total. The first-order valence-electron chi connectivity index (χ1n) is 12.9. The van der Waals surface area contributed by atoms with Crippen molar-refractivity contribution in [3.8, 4) is 0 Å². The Balaban J connectivity index is 1.02. The topological polar surface area (TPSA) is 118 Å². The number of pyridine rings is 1. The van der Waals surface area contributed by atoms with Crippen molar-refractivity contribution in [2.45, 2.75) is 38.1 Å². The Bertz CT molecular complexity index is 1410. The fourth-order valence-electron chi connectivity index (χ4n) is 4.34. The highest BCUT2D eigenvalue weighted by Gasteiger charge is 2.37. The number of hydrogen-bond acceptors (Lipinski definition) is 6. The number of rotatable bonds is 10. The normalized spacial score (nSPS) is 15.8. The van der Waals surface area contributed by atoms with Crippen molar-refractivity contribution in [3.63, 3.8) is 0 Å². The molecule has 2 amide bonds. The monoisotopic (exact) mass is 521 g/mol. The molecule has 4 aromatic rings. The van der Waals surface area contributed by atoms with Gasteiger partial charge in [0.05, 0.1) is 17.1 Å². The number of hydrogen-bond donors (Lipinski definition) is 4. The van der Waals surface area contributed by atoms with E-state index in [1.54, 1.807) is 36.4 Å². The van der Waals surface area contributed by atoms with Gasteiger partial charge in [-0.25, -0.2) is 4.79 Å². The molecule has 198 valence electrons. The van der Waals surface area contributed by atoms with Crippen LogP contribution in [0.3, 0.4) is 0 Å². The molecule has 8 nitrogen and oxygen atoms in total. The number of carbonyl (C=O) groups is 2. The molecule has 1 saturated carbocycles. The fourth-order valence-corrected chi connectivity index (χ4v) is 4.34. The van der Waals surface area contributed by atoms with E-state index in [4.69, 9.17) is 10.5 Å². The number of anilines is 2. The smallest absolute Gasteiger partial charge is 0.407 e. The SMILES string of the molecule is Nc1ccccc1NC(=O)c1ccc(CNC(=O)OCc2ccc(C3CC3NCc3ccccn3)cc2)cc1. The lowest BCUT2D eigenvalue weighted by molar-refractivity contribution is 0.102. The molecule has 8 heteroatoms. The maximum absolute atomic E-state index is 12.5. The third-order valence-electron chi connectivity index (χ3n) is 6.70. The number of ether oxygens (including phenoxy) is 1. The zero-order chi connectivity index (χ0) is 27.0. The van der Waals surface area contributed by atoms with E-state index in [1.807, 2.05) is 48.7 Å². The van der Waals surface area contributed by atoms with Crippen molar-refractivity contribution in [1.82, 2.24) is 15.6 Å². The van der Waals surface area contributed by atoms with Gasteiger partial charge in [-0.3, -0.25) is 9.78 Å². The average Bonchev–Trinajstić information content (AvgIpc) is 3.76. The van der Waals surface area contributed by atoms with Crippen LogP contribution in [-0.4, -0.2) is 23.0 Å². The van der Waals surface area contributed by atoms with Gasteiger partial charge in [-0.05, 0) is 59.5 Å². The molecule has 0 bridgehead atoms. The molecule has 1 aliphatic rings. The molecule has 1 fully saturated rings. The molecule has 1 heterocycles. The highest BCUT2D eigenvalue weighted by molar-refractivity contribution is 6.05. The second-order valence-corrected chi connectivity index (χ2v) is 9.56. The molecule has 0 saturated heterocycles. The average molecular weight is 522 g/mol. The first-order chi connectivity index (χ1) is 19.0. The lowest BCUT2D eigenvalue weighted by Crippen LogP contribution is -2.23. The Morgan fingerprint density at radius 3 is 2.36 bits per heavy atom. The maximum Gasteiger partial charge on any atom is 0.407 e. The van der Waals surface area contributed by atoms with Gasteiger partial charge in [0.15, 0.2) is 0 Å². The van der Waals surface area contributed by atoms with E-state index in [0.717, 1.165) is 29.8 Å². The van der Waals surface area contributed by atoms with Gasteiger partial charge in [0.1, 0.15) is 6.61 Å². The van der Waals surface area contributed by atoms with Crippen molar-refractivity contribution in [2.24, 2.45) is 0 Å². The van der Waals surface area contributed by atoms with E-state index in [9.17, 15) is 9.59 Å². The number of nitrogens with one attached hydrogen (secondary N) is 3. The van der Waals surface area contributed by atoms with E-state index >= 15 is 0 Å². The molecule has 5 rings (SSSR count). The highest BCUT2D eigenvalue weighted by atomic mass is 16.5. The molecule has 0 radical (unpaired) electrons. The van der Waals surface area contributed by atoms with Crippen LogP contribution in [-0.2, 0) is 24.4 Å². The number of nitrogen functional groups attached to an aromatic ring is 1. The van der Waals surface area contributed by atoms with Crippen molar-refractivity contribution >= 4 is 23.4 Å². The standard InChI is InChI=1S/C31H31N5O3/c32-27-6-1-2-7-28(27)36-30(37)24-14-8-21(9-15-24)18-35-31(38)39-20-22-10-12-23(13-11-22)26-17-29(26)34-19-25-5-3-4-16-33-25/h1-16,26,29,34H,17-20,32H2,(H,35,38)(H,36,37). The van der Waals surface area contributed by atoms with Crippen molar-refractivity contribution in [1.29, 1.82) is 0 Å². The molecule has 3 aromatic carbocycles. The number of para-hydroxylation sites is 2. The van der Waals surface area contributed by atoms with Gasteiger partial charge in [0.2, 0.25) is 0 Å². The number of nitrogens with zero attached hydrogens (tertiary/aromatic N) is 1. The summed E-state index contributed by atoms with van der Waals surface area (Å²) in [4.78, 5) is 29.0. The fraction of sp³-hybridized carbons (Fsp3) is 0.194. The van der Waals surface area contributed by atoms with Crippen molar-refractivity contribution in [3.05, 3.63) is 125 Å². The van der Waals surface area contributed by atoms with Gasteiger partial charge in [-0.15, -0.1) is 0 Å². The minimum atomic E-state index is -0.499. The van der Waals surface area contributed by atoms with Gasteiger partial charge in [-0.1, -0.05) is 54.6 Å². The summed E-state index contributed by atoms with van der Waals surface area (Å²) in [6, 6.07) is 28.7. The van der Waals surface area contributed by atoms with Gasteiger partial charge in [-0.2, -0.15) is 0 Å². The summed E-state index contributed by atoms with van der Waals surface area (Å²) in [6.45, 7) is 1.26. The Hall–Kier alpha value is -4.69. The zero-order valence-corrected chi connectivity index (χ0v) is 21.5. The molecule has 1 aliphatic carbocycles. The summed E-state index contributed by atoms with van der Waals surface area (Å²) in [7, 11) is 0. The third-order valence-corrected chi connectivity index (χ3v) is 6.70. The predicted octanol–water partition coefficient (Wildman–Crippen LogP) is 4.99. The first kappa shape index (κ1) is 25.9. The van der Waals surface area contributed by atoms with Gasteiger partial charge in [0.25, 0.3) is 5.91 Å². The highest BCUT2D eigenvalue weighted by Crippen LogP contribution is 2.41. The molecule has 2 atom stereocenters. The quantitative estimate of drug-likeness (QED) is 0.219. The summed E-state index contributed by atoms with van der Waals surface area (Å²) < 4.78 is 5.37. The van der Waals surface area contributed by atoms with Gasteiger partial charge in [0, 0.05) is 36.8 Å². The molecular formula is C31H31N5O3. The van der Waals surface area contributed by atoms with E-state index in [-0.39, 0.29) is 12.5 Å². The van der Waals surface area contributed by atoms with Crippen molar-refractivity contribution < 1.29 is 14.3 Å². The molecule has 1 aromatic heterocycles. The molecular weight excluding hydrogens is 490 g/mol. The Morgan fingerprint density at radius 2 is 1.62 bits per heavy atom. The Morgan fingerprint density at radius 1 is 0.872 bits per heavy atom. The largest absolute Gasteiger partial charge is 0.445 e.